The minimum Gasteiger partial charge on any atom is -0.490 e. The van der Waals surface area contributed by atoms with Crippen molar-refractivity contribution < 1.29 is 14.3 Å². The summed E-state index contributed by atoms with van der Waals surface area (Å²) in [5, 5.41) is 0.539. The van der Waals surface area contributed by atoms with Gasteiger partial charge in [-0.2, -0.15) is 0 Å². The number of hydrogen-bond donors (Lipinski definition) is 2. The number of nitrogens with one attached hydrogen (secondary N) is 2. The van der Waals surface area contributed by atoms with Crippen LogP contribution in [0.2, 0.25) is 5.02 Å². The van der Waals surface area contributed by atoms with Gasteiger partial charge in [0.1, 0.15) is 5.75 Å². The van der Waals surface area contributed by atoms with Crippen LogP contribution in [0.4, 0.5) is 0 Å². The molecule has 1 fully saturated rings. The number of amides is 2. The smallest absolute Gasteiger partial charge is 0.273 e. The van der Waals surface area contributed by atoms with Crippen molar-refractivity contribution in [3.63, 3.8) is 0 Å². The first-order valence-corrected chi connectivity index (χ1v) is 8.13. The van der Waals surface area contributed by atoms with Crippen molar-refractivity contribution in [2.45, 2.75) is 25.4 Å². The Morgan fingerprint density at radius 3 is 2.29 bits per heavy atom. The Hall–Kier alpha value is -2.53. The Balaban J connectivity index is 1.62. The van der Waals surface area contributed by atoms with Crippen molar-refractivity contribution in [2.24, 2.45) is 0 Å². The average Bonchev–Trinajstić information content (AvgIpc) is 2.56. The quantitative estimate of drug-likeness (QED) is 0.836. The van der Waals surface area contributed by atoms with Gasteiger partial charge in [0.2, 0.25) is 0 Å². The minimum absolute atomic E-state index is 0.169. The lowest BCUT2D eigenvalue weighted by molar-refractivity contribution is 0.0834. The summed E-state index contributed by atoms with van der Waals surface area (Å²) in [6, 6.07) is 13.4. The molecule has 1 aliphatic carbocycles. The number of rotatable bonds is 4. The van der Waals surface area contributed by atoms with Gasteiger partial charge in [0.25, 0.3) is 11.8 Å². The molecule has 24 heavy (non-hydrogen) atoms. The lowest BCUT2D eigenvalue weighted by Gasteiger charge is -2.27. The van der Waals surface area contributed by atoms with E-state index in [-0.39, 0.29) is 6.10 Å². The van der Waals surface area contributed by atoms with Gasteiger partial charge in [0.05, 0.1) is 11.7 Å². The Bertz CT molecular complexity index is 742. The van der Waals surface area contributed by atoms with E-state index in [4.69, 9.17) is 16.3 Å². The zero-order valence-electron chi connectivity index (χ0n) is 12.9. The van der Waals surface area contributed by atoms with Crippen molar-refractivity contribution >= 4 is 23.4 Å². The summed E-state index contributed by atoms with van der Waals surface area (Å²) in [7, 11) is 0. The third kappa shape index (κ3) is 3.86. The monoisotopic (exact) mass is 344 g/mol. The molecule has 0 bridgehead atoms. The summed E-state index contributed by atoms with van der Waals surface area (Å²) >= 11 is 5.78. The highest BCUT2D eigenvalue weighted by Gasteiger charge is 2.22. The van der Waals surface area contributed by atoms with Gasteiger partial charge in [0, 0.05) is 10.6 Å². The fourth-order valence-electron chi connectivity index (χ4n) is 2.28. The maximum atomic E-state index is 12.3. The minimum atomic E-state index is -0.424. The number of ether oxygens (including phenoxy) is 1. The standard InChI is InChI=1S/C18H17ClN2O3/c19-13-10-8-12(9-11-13)17(22)20-21-18(23)15-6-1-2-7-16(15)24-14-4-3-5-14/h1-2,6-11,14H,3-5H2,(H,20,22)(H,21,23). The highest BCUT2D eigenvalue weighted by molar-refractivity contribution is 6.30. The van der Waals surface area contributed by atoms with Gasteiger partial charge < -0.3 is 4.74 Å². The molecule has 5 nitrogen and oxygen atoms in total. The van der Waals surface area contributed by atoms with Gasteiger partial charge in [-0.25, -0.2) is 0 Å². The van der Waals surface area contributed by atoms with Crippen molar-refractivity contribution in [3.05, 3.63) is 64.7 Å². The lowest BCUT2D eigenvalue weighted by Crippen LogP contribution is -2.41. The largest absolute Gasteiger partial charge is 0.490 e. The Labute approximate surface area is 144 Å². The molecule has 1 aliphatic rings. The van der Waals surface area contributed by atoms with Crippen LogP contribution < -0.4 is 15.6 Å². The van der Waals surface area contributed by atoms with E-state index in [1.54, 1.807) is 42.5 Å². The van der Waals surface area contributed by atoms with Crippen LogP contribution in [0, 0.1) is 0 Å². The van der Waals surface area contributed by atoms with Gasteiger partial charge in [-0.3, -0.25) is 20.4 Å². The van der Waals surface area contributed by atoms with Crippen molar-refractivity contribution in [2.75, 3.05) is 0 Å². The first kappa shape index (κ1) is 16.3. The van der Waals surface area contributed by atoms with Crippen LogP contribution in [0.15, 0.2) is 48.5 Å². The summed E-state index contributed by atoms with van der Waals surface area (Å²) in [5.74, 6) is -0.315. The van der Waals surface area contributed by atoms with E-state index in [0.29, 0.717) is 21.9 Å². The number of hydrazine groups is 1. The summed E-state index contributed by atoms with van der Waals surface area (Å²) in [5.41, 5.74) is 5.59. The van der Waals surface area contributed by atoms with E-state index in [1.807, 2.05) is 6.07 Å². The molecule has 0 saturated heterocycles. The van der Waals surface area contributed by atoms with Gasteiger partial charge in [-0.05, 0) is 55.7 Å². The van der Waals surface area contributed by atoms with Crippen LogP contribution in [-0.2, 0) is 0 Å². The molecule has 2 aromatic carbocycles. The number of hydrogen-bond acceptors (Lipinski definition) is 3. The molecule has 2 amide bonds. The predicted molar refractivity (Wildman–Crippen MR) is 91.1 cm³/mol. The molecule has 2 aromatic rings. The molecule has 124 valence electrons. The van der Waals surface area contributed by atoms with Crippen LogP contribution in [-0.4, -0.2) is 17.9 Å². The molecule has 0 radical (unpaired) electrons. The fraction of sp³-hybridized carbons (Fsp3) is 0.222. The maximum absolute atomic E-state index is 12.3. The third-order valence-corrected chi connectivity index (χ3v) is 4.13. The van der Waals surface area contributed by atoms with Crippen molar-refractivity contribution in [1.82, 2.24) is 10.9 Å². The van der Waals surface area contributed by atoms with E-state index in [1.165, 1.54) is 0 Å². The van der Waals surface area contributed by atoms with Crippen LogP contribution in [0.5, 0.6) is 5.75 Å². The molecule has 6 heteroatoms. The normalized spacial score (nSPS) is 13.7. The topological polar surface area (TPSA) is 67.4 Å². The molecule has 0 heterocycles. The second-order valence-corrected chi connectivity index (χ2v) is 6.02. The predicted octanol–water partition coefficient (Wildman–Crippen LogP) is 3.35. The first-order valence-electron chi connectivity index (χ1n) is 7.75. The van der Waals surface area contributed by atoms with Crippen molar-refractivity contribution in [1.29, 1.82) is 0 Å². The van der Waals surface area contributed by atoms with E-state index in [9.17, 15) is 9.59 Å². The number of benzene rings is 2. The molecule has 0 atom stereocenters. The molecule has 0 unspecified atom stereocenters. The molecule has 0 aliphatic heterocycles. The Morgan fingerprint density at radius 1 is 0.958 bits per heavy atom. The zero-order valence-corrected chi connectivity index (χ0v) is 13.7. The average molecular weight is 345 g/mol. The Morgan fingerprint density at radius 2 is 1.62 bits per heavy atom. The van der Waals surface area contributed by atoms with Gasteiger partial charge in [-0.1, -0.05) is 23.7 Å². The summed E-state index contributed by atoms with van der Waals surface area (Å²) in [6.07, 6.45) is 3.32. The van der Waals surface area contributed by atoms with Crippen LogP contribution in [0.25, 0.3) is 0 Å². The van der Waals surface area contributed by atoms with Gasteiger partial charge in [-0.15, -0.1) is 0 Å². The van der Waals surface area contributed by atoms with E-state index in [2.05, 4.69) is 10.9 Å². The van der Waals surface area contributed by atoms with Gasteiger partial charge >= 0.3 is 0 Å². The number of carbonyl (C=O) groups excluding carboxylic acids is 2. The molecule has 1 saturated carbocycles. The maximum Gasteiger partial charge on any atom is 0.273 e. The Kier molecular flexibility index (Phi) is 5.01. The molecule has 2 N–H and O–H groups in total. The zero-order chi connectivity index (χ0) is 16.9. The number of halogens is 1. The van der Waals surface area contributed by atoms with Crippen molar-refractivity contribution in [3.8, 4) is 5.75 Å². The fourth-order valence-corrected chi connectivity index (χ4v) is 2.41. The van der Waals surface area contributed by atoms with E-state index >= 15 is 0 Å². The number of para-hydroxylation sites is 1. The second kappa shape index (κ2) is 7.36. The van der Waals surface area contributed by atoms with Crippen LogP contribution >= 0.6 is 11.6 Å². The first-order chi connectivity index (χ1) is 11.6. The third-order valence-electron chi connectivity index (χ3n) is 3.87. The van der Waals surface area contributed by atoms with Gasteiger partial charge in [0.15, 0.2) is 0 Å². The molecule has 0 aromatic heterocycles. The lowest BCUT2D eigenvalue weighted by atomic mass is 9.96. The molecule has 3 rings (SSSR count). The highest BCUT2D eigenvalue weighted by Crippen LogP contribution is 2.27. The highest BCUT2D eigenvalue weighted by atomic mass is 35.5. The molecular formula is C18H17ClN2O3. The number of carbonyl (C=O) groups is 2. The van der Waals surface area contributed by atoms with E-state index < -0.39 is 11.8 Å². The SMILES string of the molecule is O=C(NNC(=O)c1ccccc1OC1CCC1)c1ccc(Cl)cc1. The van der Waals surface area contributed by atoms with Crippen LogP contribution in [0.3, 0.4) is 0 Å². The molecular weight excluding hydrogens is 328 g/mol. The summed E-state index contributed by atoms with van der Waals surface area (Å²) in [4.78, 5) is 24.3. The van der Waals surface area contributed by atoms with E-state index in [0.717, 1.165) is 19.3 Å². The molecule has 0 spiro atoms. The second-order valence-electron chi connectivity index (χ2n) is 5.58. The summed E-state index contributed by atoms with van der Waals surface area (Å²) in [6.45, 7) is 0. The summed E-state index contributed by atoms with van der Waals surface area (Å²) < 4.78 is 5.82. The van der Waals surface area contributed by atoms with Crippen LogP contribution in [0.1, 0.15) is 40.0 Å².